The van der Waals surface area contributed by atoms with Crippen LogP contribution in [0, 0.1) is 11.3 Å². The first-order valence-electron chi connectivity index (χ1n) is 8.06. The van der Waals surface area contributed by atoms with E-state index < -0.39 is 5.54 Å². The van der Waals surface area contributed by atoms with E-state index in [0.717, 1.165) is 13.0 Å². The summed E-state index contributed by atoms with van der Waals surface area (Å²) in [6, 6.07) is 8.88. The van der Waals surface area contributed by atoms with E-state index in [1.54, 1.807) is 37.1 Å². The minimum Gasteiger partial charge on any atom is -0.323 e. The quantitative estimate of drug-likeness (QED) is 0.908. The molecule has 0 saturated carbocycles. The summed E-state index contributed by atoms with van der Waals surface area (Å²) in [5.41, 5.74) is 0.580. The van der Waals surface area contributed by atoms with E-state index in [-0.39, 0.29) is 11.9 Å². The van der Waals surface area contributed by atoms with Crippen LogP contribution in [0.1, 0.15) is 35.2 Å². The third-order valence-corrected chi connectivity index (χ3v) is 6.80. The summed E-state index contributed by atoms with van der Waals surface area (Å²) < 4.78 is 0. The number of fused-ring (bicyclic) bond motifs is 1. The van der Waals surface area contributed by atoms with Crippen LogP contribution in [0.3, 0.4) is 0 Å². The Morgan fingerprint density at radius 2 is 2.21 bits per heavy atom. The third kappa shape index (κ3) is 3.12. The lowest BCUT2D eigenvalue weighted by Crippen LogP contribution is -3.14. The summed E-state index contributed by atoms with van der Waals surface area (Å²) in [7, 11) is 1.73. The highest BCUT2D eigenvalue weighted by Gasteiger charge is 2.37. The summed E-state index contributed by atoms with van der Waals surface area (Å²) in [5, 5.41) is 13.5. The Hall–Kier alpha value is -1.68. The second kappa shape index (κ2) is 6.67. The molecule has 2 aromatic rings. The van der Waals surface area contributed by atoms with Crippen LogP contribution in [0.2, 0.25) is 0 Å². The van der Waals surface area contributed by atoms with E-state index in [1.807, 2.05) is 11.3 Å². The van der Waals surface area contributed by atoms with Crippen molar-refractivity contribution in [1.82, 2.24) is 4.90 Å². The molecule has 1 unspecified atom stereocenters. The van der Waals surface area contributed by atoms with Gasteiger partial charge in [-0.3, -0.25) is 4.79 Å². The third-order valence-electron chi connectivity index (χ3n) is 4.86. The molecule has 24 heavy (non-hydrogen) atoms. The summed E-state index contributed by atoms with van der Waals surface area (Å²) in [5.74, 6) is 0.0248. The van der Waals surface area contributed by atoms with Gasteiger partial charge < -0.3 is 9.80 Å². The normalized spacial score (nSPS) is 20.2. The van der Waals surface area contributed by atoms with Gasteiger partial charge >= 0.3 is 0 Å². The number of thiophene rings is 2. The monoisotopic (exact) mass is 360 g/mol. The molecule has 0 aromatic carbocycles. The summed E-state index contributed by atoms with van der Waals surface area (Å²) in [6.45, 7) is 4.93. The molecule has 6 heteroatoms. The van der Waals surface area contributed by atoms with E-state index in [1.165, 1.54) is 20.2 Å². The fourth-order valence-corrected chi connectivity index (χ4v) is 4.97. The zero-order valence-corrected chi connectivity index (χ0v) is 15.8. The standard InChI is InChI=1S/C18H21N3OS2/c1-18(2,12-19)20(3)16(22)11-21-8-6-14-13(7-10-24-14)17(21)15-5-4-9-23-15/h4-5,7,9-10,17H,6,8,11H2,1-3H3/p+1/t17-/m1/s1. The Morgan fingerprint density at radius 1 is 1.42 bits per heavy atom. The van der Waals surface area contributed by atoms with Gasteiger partial charge in [-0.15, -0.1) is 22.7 Å². The van der Waals surface area contributed by atoms with Gasteiger partial charge in [0, 0.05) is 23.9 Å². The molecule has 2 atom stereocenters. The van der Waals surface area contributed by atoms with Crippen molar-refractivity contribution >= 4 is 28.6 Å². The van der Waals surface area contributed by atoms with Crippen LogP contribution in [0.25, 0.3) is 0 Å². The van der Waals surface area contributed by atoms with E-state index >= 15 is 0 Å². The van der Waals surface area contributed by atoms with Crippen LogP contribution in [0.4, 0.5) is 0 Å². The largest absolute Gasteiger partial charge is 0.323 e. The molecule has 1 amide bonds. The smallest absolute Gasteiger partial charge is 0.278 e. The van der Waals surface area contributed by atoms with Crippen LogP contribution in [-0.2, 0) is 11.2 Å². The highest BCUT2D eigenvalue weighted by molar-refractivity contribution is 7.10. The van der Waals surface area contributed by atoms with Crippen LogP contribution in [-0.4, -0.2) is 36.5 Å². The lowest BCUT2D eigenvalue weighted by molar-refractivity contribution is -0.919. The van der Waals surface area contributed by atoms with Crippen molar-refractivity contribution in [3.8, 4) is 6.07 Å². The topological polar surface area (TPSA) is 48.5 Å². The van der Waals surface area contributed by atoms with Gasteiger partial charge in [0.25, 0.3) is 5.91 Å². The van der Waals surface area contributed by atoms with Crippen molar-refractivity contribution in [2.24, 2.45) is 0 Å². The highest BCUT2D eigenvalue weighted by atomic mass is 32.1. The number of hydrogen-bond acceptors (Lipinski definition) is 4. The first-order chi connectivity index (χ1) is 11.4. The number of rotatable bonds is 4. The Bertz CT molecular complexity index is 758. The molecule has 0 radical (unpaired) electrons. The number of nitrogens with one attached hydrogen (secondary N) is 1. The molecule has 126 valence electrons. The van der Waals surface area contributed by atoms with Crippen molar-refractivity contribution in [2.75, 3.05) is 20.1 Å². The van der Waals surface area contributed by atoms with Crippen LogP contribution < -0.4 is 4.90 Å². The van der Waals surface area contributed by atoms with E-state index in [2.05, 4.69) is 35.0 Å². The average Bonchev–Trinajstić information content (AvgIpc) is 3.25. The molecule has 3 heterocycles. The second-order valence-corrected chi connectivity index (χ2v) is 8.69. The molecular weight excluding hydrogens is 338 g/mol. The number of amides is 1. The number of likely N-dealkylation sites (N-methyl/N-ethyl adjacent to an activating group) is 1. The average molecular weight is 361 g/mol. The summed E-state index contributed by atoms with van der Waals surface area (Å²) >= 11 is 3.57. The molecule has 1 aliphatic rings. The van der Waals surface area contributed by atoms with Gasteiger partial charge in [0.05, 0.1) is 17.5 Å². The first kappa shape index (κ1) is 17.2. The fraction of sp³-hybridized carbons (Fsp3) is 0.444. The molecule has 1 N–H and O–H groups in total. The Labute approximate surface area is 150 Å². The van der Waals surface area contributed by atoms with E-state index in [9.17, 15) is 10.1 Å². The van der Waals surface area contributed by atoms with Gasteiger partial charge in [-0.2, -0.15) is 5.26 Å². The van der Waals surface area contributed by atoms with E-state index in [4.69, 9.17) is 0 Å². The maximum atomic E-state index is 12.7. The van der Waals surface area contributed by atoms with Crippen molar-refractivity contribution in [3.05, 3.63) is 44.3 Å². The predicted molar refractivity (Wildman–Crippen MR) is 97.3 cm³/mol. The Morgan fingerprint density at radius 3 is 2.88 bits per heavy atom. The zero-order chi connectivity index (χ0) is 17.3. The van der Waals surface area contributed by atoms with Gasteiger partial charge in [0.1, 0.15) is 11.6 Å². The van der Waals surface area contributed by atoms with Crippen LogP contribution >= 0.6 is 22.7 Å². The highest BCUT2D eigenvalue weighted by Crippen LogP contribution is 2.31. The number of nitrogens with zero attached hydrogens (tertiary/aromatic N) is 2. The number of hydrogen-bond donors (Lipinski definition) is 1. The number of carbonyl (C=O) groups excluding carboxylic acids is 1. The predicted octanol–water partition coefficient (Wildman–Crippen LogP) is 2.10. The van der Waals surface area contributed by atoms with Gasteiger partial charge in [0.2, 0.25) is 0 Å². The maximum Gasteiger partial charge on any atom is 0.278 e. The molecule has 0 bridgehead atoms. The molecule has 1 aliphatic heterocycles. The summed E-state index contributed by atoms with van der Waals surface area (Å²) in [4.78, 5) is 18.3. The molecule has 2 aromatic heterocycles. The van der Waals surface area contributed by atoms with Gasteiger partial charge in [-0.05, 0) is 36.7 Å². The second-order valence-electron chi connectivity index (χ2n) is 6.71. The van der Waals surface area contributed by atoms with Gasteiger partial charge in [-0.1, -0.05) is 6.07 Å². The van der Waals surface area contributed by atoms with Crippen LogP contribution in [0.5, 0.6) is 0 Å². The Kier molecular flexibility index (Phi) is 4.77. The fourth-order valence-electron chi connectivity index (χ4n) is 3.15. The number of quaternary nitrogens is 1. The lowest BCUT2D eigenvalue weighted by atomic mass is 9.98. The van der Waals surface area contributed by atoms with Crippen LogP contribution in [0.15, 0.2) is 29.0 Å². The van der Waals surface area contributed by atoms with Crippen molar-refractivity contribution in [2.45, 2.75) is 31.8 Å². The lowest BCUT2D eigenvalue weighted by Gasteiger charge is -2.35. The molecule has 0 fully saturated rings. The van der Waals surface area contributed by atoms with Gasteiger partial charge in [-0.25, -0.2) is 0 Å². The minimum atomic E-state index is -0.779. The SMILES string of the molecule is CN(C(=O)C[NH+]1CCc2sccc2[C@@H]1c1cccs1)C(C)(C)C#N. The minimum absolute atomic E-state index is 0.0248. The zero-order valence-electron chi connectivity index (χ0n) is 14.2. The van der Waals surface area contributed by atoms with Crippen molar-refractivity contribution < 1.29 is 9.69 Å². The number of nitriles is 1. The molecule has 0 aliphatic carbocycles. The molecule has 4 nitrogen and oxygen atoms in total. The molecule has 0 spiro atoms. The van der Waals surface area contributed by atoms with E-state index in [0.29, 0.717) is 6.54 Å². The Balaban J connectivity index is 1.85. The first-order valence-corrected chi connectivity index (χ1v) is 9.82. The maximum absolute atomic E-state index is 12.7. The number of carbonyl (C=O) groups is 1. The van der Waals surface area contributed by atoms with Crippen molar-refractivity contribution in [3.63, 3.8) is 0 Å². The summed E-state index contributed by atoms with van der Waals surface area (Å²) in [6.07, 6.45) is 1.02. The molecule has 3 rings (SSSR count). The molecule has 0 saturated heterocycles. The molecular formula is C18H22N3OS2+. The van der Waals surface area contributed by atoms with Crippen molar-refractivity contribution in [1.29, 1.82) is 5.26 Å². The van der Waals surface area contributed by atoms with Gasteiger partial charge in [0.15, 0.2) is 6.54 Å².